The molecule has 0 N–H and O–H groups in total. The summed E-state index contributed by atoms with van der Waals surface area (Å²) < 4.78 is 2.27. The third-order valence-corrected chi connectivity index (χ3v) is 3.14. The van der Waals surface area contributed by atoms with Gasteiger partial charge < -0.3 is 12.4 Å². The van der Waals surface area contributed by atoms with Gasteiger partial charge >= 0.3 is 0 Å². The van der Waals surface area contributed by atoms with Crippen molar-refractivity contribution in [1.82, 2.24) is 4.90 Å². The van der Waals surface area contributed by atoms with Gasteiger partial charge in [0.2, 0.25) is 6.34 Å². The summed E-state index contributed by atoms with van der Waals surface area (Å²) in [6.07, 6.45) is 7.32. The van der Waals surface area contributed by atoms with Gasteiger partial charge in [0, 0.05) is 6.42 Å². The molecule has 13 heavy (non-hydrogen) atoms. The molecule has 0 aromatic rings. The van der Waals surface area contributed by atoms with Crippen LogP contribution in [0.25, 0.3) is 0 Å². The van der Waals surface area contributed by atoms with E-state index in [0.29, 0.717) is 0 Å². The number of halogens is 2. The average molecular weight is 223 g/mol. The van der Waals surface area contributed by atoms with E-state index in [-0.39, 0.29) is 17.9 Å². The van der Waals surface area contributed by atoms with Crippen LogP contribution < -0.4 is 12.4 Å². The van der Waals surface area contributed by atoms with Crippen molar-refractivity contribution in [1.29, 1.82) is 0 Å². The average Bonchev–Trinajstić information content (AvgIpc) is 2.65. The van der Waals surface area contributed by atoms with Gasteiger partial charge in [0.15, 0.2) is 5.50 Å². The summed E-state index contributed by atoms with van der Waals surface area (Å²) in [6.45, 7) is 3.59. The second kappa shape index (κ2) is 5.06. The van der Waals surface area contributed by atoms with Gasteiger partial charge in [-0.05, 0) is 19.3 Å². The molecule has 0 aromatic carbocycles. The summed E-state index contributed by atoms with van der Waals surface area (Å²) in [7, 11) is 0. The van der Waals surface area contributed by atoms with Crippen LogP contribution in [0.2, 0.25) is 0 Å². The highest BCUT2D eigenvalue weighted by Gasteiger charge is 2.23. The van der Waals surface area contributed by atoms with Crippen LogP contribution in [0.3, 0.4) is 0 Å². The third kappa shape index (κ3) is 2.75. The normalized spacial score (nSPS) is 31.0. The van der Waals surface area contributed by atoms with E-state index >= 15 is 0 Å². The van der Waals surface area contributed by atoms with Crippen LogP contribution in [0.1, 0.15) is 25.7 Å². The van der Waals surface area contributed by atoms with E-state index in [1.54, 1.807) is 0 Å². The molecule has 0 amide bonds. The zero-order chi connectivity index (χ0) is 8.39. The second-order valence-corrected chi connectivity index (χ2v) is 4.18. The van der Waals surface area contributed by atoms with Crippen LogP contribution in [-0.2, 0) is 0 Å². The summed E-state index contributed by atoms with van der Waals surface area (Å²) in [5.74, 6) is 0. The van der Waals surface area contributed by atoms with Crippen molar-refractivity contribution >= 4 is 17.9 Å². The summed E-state index contributed by atoms with van der Waals surface area (Å²) in [6, 6.07) is 0. The van der Waals surface area contributed by atoms with Gasteiger partial charge in [-0.2, -0.15) is 0 Å². The SMILES string of the molecule is ClC1CCC[N+]1=CN1CCCC1.[Cl-]. The van der Waals surface area contributed by atoms with Crippen LogP contribution in [0.5, 0.6) is 0 Å². The van der Waals surface area contributed by atoms with Crippen molar-refractivity contribution in [2.24, 2.45) is 0 Å². The van der Waals surface area contributed by atoms with E-state index < -0.39 is 0 Å². The molecule has 2 fully saturated rings. The van der Waals surface area contributed by atoms with Crippen LogP contribution in [-0.4, -0.2) is 40.9 Å². The Labute approximate surface area is 91.0 Å². The lowest BCUT2D eigenvalue weighted by molar-refractivity contribution is -0.522. The molecule has 4 heteroatoms. The molecule has 2 saturated heterocycles. The molecular weight excluding hydrogens is 207 g/mol. The number of hydrogen-bond acceptors (Lipinski definition) is 0. The van der Waals surface area contributed by atoms with Crippen LogP contribution >= 0.6 is 11.6 Å². The minimum atomic E-state index is 0. The Balaban J connectivity index is 0.000000845. The first-order valence-corrected chi connectivity index (χ1v) is 5.29. The number of nitrogens with zero attached hydrogens (tertiary/aromatic N) is 2. The van der Waals surface area contributed by atoms with E-state index in [9.17, 15) is 0 Å². The van der Waals surface area contributed by atoms with Crippen molar-refractivity contribution < 1.29 is 17.0 Å². The molecule has 76 valence electrons. The monoisotopic (exact) mass is 222 g/mol. The lowest BCUT2D eigenvalue weighted by Crippen LogP contribution is -3.00. The molecule has 2 aliphatic heterocycles. The molecular formula is C9H16Cl2N2. The molecule has 0 bridgehead atoms. The topological polar surface area (TPSA) is 6.25 Å². The number of likely N-dealkylation sites (tertiary alicyclic amines) is 1. The Hall–Kier alpha value is 0.0500. The maximum atomic E-state index is 6.12. The van der Waals surface area contributed by atoms with Gasteiger partial charge in [0.1, 0.15) is 0 Å². The highest BCUT2D eigenvalue weighted by molar-refractivity contribution is 6.19. The fourth-order valence-electron chi connectivity index (χ4n) is 1.95. The maximum Gasteiger partial charge on any atom is 0.235 e. The van der Waals surface area contributed by atoms with Crippen molar-refractivity contribution in [2.45, 2.75) is 31.2 Å². The first kappa shape index (κ1) is 11.1. The first-order valence-electron chi connectivity index (χ1n) is 4.85. The van der Waals surface area contributed by atoms with Crippen molar-refractivity contribution in [3.63, 3.8) is 0 Å². The second-order valence-electron chi connectivity index (χ2n) is 3.67. The smallest absolute Gasteiger partial charge is 0.235 e. The summed E-state index contributed by atoms with van der Waals surface area (Å²) in [4.78, 5) is 2.39. The predicted molar refractivity (Wildman–Crippen MR) is 50.9 cm³/mol. The number of alkyl halides is 1. The Bertz CT molecular complexity index is 188. The van der Waals surface area contributed by atoms with Crippen LogP contribution in [0.15, 0.2) is 0 Å². The fourth-order valence-corrected chi connectivity index (χ4v) is 2.25. The van der Waals surface area contributed by atoms with Gasteiger partial charge in [0.05, 0.1) is 19.6 Å². The molecule has 1 unspecified atom stereocenters. The standard InChI is InChI=1S/C9H16ClN2.ClH/c10-9-4-3-7-12(9)8-11-5-1-2-6-11;/h8-9H,1-7H2;1H/q+1;/p-1. The van der Waals surface area contributed by atoms with E-state index in [2.05, 4.69) is 15.8 Å². The molecule has 0 radical (unpaired) electrons. The van der Waals surface area contributed by atoms with Crippen molar-refractivity contribution in [3.05, 3.63) is 0 Å². The maximum absolute atomic E-state index is 6.12. The van der Waals surface area contributed by atoms with E-state index in [1.165, 1.54) is 32.4 Å². The predicted octanol–water partition coefficient (Wildman–Crippen LogP) is -1.51. The first-order chi connectivity index (χ1) is 5.86. The zero-order valence-corrected chi connectivity index (χ0v) is 9.27. The van der Waals surface area contributed by atoms with E-state index in [4.69, 9.17) is 11.6 Å². The largest absolute Gasteiger partial charge is 1.00 e. The number of hydrogen-bond donors (Lipinski definition) is 0. The van der Waals surface area contributed by atoms with Gasteiger partial charge in [0.25, 0.3) is 0 Å². The van der Waals surface area contributed by atoms with Gasteiger partial charge in [-0.15, -0.1) is 0 Å². The Morgan fingerprint density at radius 2 is 1.92 bits per heavy atom. The van der Waals surface area contributed by atoms with Crippen molar-refractivity contribution in [3.8, 4) is 0 Å². The molecule has 0 aromatic heterocycles. The molecule has 2 nitrogen and oxygen atoms in total. The molecule has 0 aliphatic carbocycles. The highest BCUT2D eigenvalue weighted by atomic mass is 35.5. The zero-order valence-electron chi connectivity index (χ0n) is 7.75. The number of rotatable bonds is 1. The molecule has 2 rings (SSSR count). The Morgan fingerprint density at radius 3 is 2.46 bits per heavy atom. The lowest BCUT2D eigenvalue weighted by Gasteiger charge is -2.07. The van der Waals surface area contributed by atoms with Gasteiger partial charge in [-0.3, -0.25) is 9.48 Å². The Kier molecular flexibility index (Phi) is 4.33. The fraction of sp³-hybridized carbons (Fsp3) is 0.889. The third-order valence-electron chi connectivity index (χ3n) is 2.67. The van der Waals surface area contributed by atoms with E-state index in [0.717, 1.165) is 13.0 Å². The summed E-state index contributed by atoms with van der Waals surface area (Å²) in [5.41, 5.74) is 0.255. The van der Waals surface area contributed by atoms with Gasteiger partial charge in [-0.25, -0.2) is 0 Å². The highest BCUT2D eigenvalue weighted by Crippen LogP contribution is 2.15. The molecule has 2 aliphatic rings. The Morgan fingerprint density at radius 1 is 1.23 bits per heavy atom. The molecule has 0 spiro atoms. The van der Waals surface area contributed by atoms with E-state index in [1.807, 2.05) is 0 Å². The summed E-state index contributed by atoms with van der Waals surface area (Å²) >= 11 is 6.12. The van der Waals surface area contributed by atoms with Gasteiger partial charge in [-0.1, -0.05) is 11.6 Å². The molecule has 0 saturated carbocycles. The summed E-state index contributed by atoms with van der Waals surface area (Å²) in [5, 5.41) is 0. The minimum Gasteiger partial charge on any atom is -1.00 e. The van der Waals surface area contributed by atoms with Crippen LogP contribution in [0.4, 0.5) is 0 Å². The molecule has 1 atom stereocenters. The minimum absolute atomic E-state index is 0. The van der Waals surface area contributed by atoms with Crippen LogP contribution in [0, 0.1) is 0 Å². The quantitative estimate of drug-likeness (QED) is 0.227. The van der Waals surface area contributed by atoms with Crippen molar-refractivity contribution in [2.75, 3.05) is 19.6 Å². The lowest BCUT2D eigenvalue weighted by atomic mass is 10.4. The molecule has 2 heterocycles.